The lowest BCUT2D eigenvalue weighted by Crippen LogP contribution is -2.71. The smallest absolute Gasteiger partial charge is 0.315 e. The van der Waals surface area contributed by atoms with Gasteiger partial charge in [-0.25, -0.2) is 8.42 Å². The van der Waals surface area contributed by atoms with Crippen molar-refractivity contribution in [2.45, 2.75) is 11.1 Å². The van der Waals surface area contributed by atoms with Crippen molar-refractivity contribution in [1.29, 1.82) is 0 Å². The highest BCUT2D eigenvalue weighted by atomic mass is 35.5. The monoisotopic (exact) mass is 340 g/mol. The fourth-order valence-electron chi connectivity index (χ4n) is 2.61. The van der Waals surface area contributed by atoms with Crippen LogP contribution in [0.1, 0.15) is 5.56 Å². The first-order valence-corrected chi connectivity index (χ1v) is 8.04. The van der Waals surface area contributed by atoms with Crippen LogP contribution in [0.5, 0.6) is 0 Å². The molecule has 1 aromatic rings. The Hall–Kier alpha value is -0.830. The molecule has 0 bridgehead atoms. The Morgan fingerprint density at radius 3 is 2.29 bits per heavy atom. The van der Waals surface area contributed by atoms with E-state index in [9.17, 15) is 21.6 Å². The molecule has 2 fully saturated rings. The van der Waals surface area contributed by atoms with Gasteiger partial charge in [-0.3, -0.25) is 0 Å². The Morgan fingerprint density at radius 1 is 1.24 bits per heavy atom. The molecule has 0 unspecified atom stereocenters. The van der Waals surface area contributed by atoms with Crippen LogP contribution in [0, 0.1) is 5.41 Å². The molecule has 21 heavy (non-hydrogen) atoms. The Labute approximate surface area is 124 Å². The lowest BCUT2D eigenvalue weighted by molar-refractivity contribution is -0.137. The summed E-state index contributed by atoms with van der Waals surface area (Å²) in [6.45, 7) is 2.32. The fraction of sp³-hybridized carbons (Fsp3) is 0.500. The Balaban J connectivity index is 1.85. The number of halogens is 4. The van der Waals surface area contributed by atoms with Crippen LogP contribution < -0.4 is 5.32 Å². The Kier molecular flexibility index (Phi) is 3.29. The zero-order chi connectivity index (χ0) is 15.5. The molecule has 2 aliphatic heterocycles. The van der Waals surface area contributed by atoms with Crippen molar-refractivity contribution in [2.75, 3.05) is 26.2 Å². The van der Waals surface area contributed by atoms with E-state index >= 15 is 0 Å². The quantitative estimate of drug-likeness (QED) is 0.895. The first-order chi connectivity index (χ1) is 9.64. The molecule has 3 rings (SSSR count). The normalized spacial score (nSPS) is 21.9. The van der Waals surface area contributed by atoms with Gasteiger partial charge in [0.15, 0.2) is 0 Å². The maximum Gasteiger partial charge on any atom is 0.417 e. The van der Waals surface area contributed by atoms with E-state index in [0.29, 0.717) is 19.2 Å². The molecule has 0 aliphatic carbocycles. The highest BCUT2D eigenvalue weighted by Gasteiger charge is 2.52. The molecule has 2 heterocycles. The van der Waals surface area contributed by atoms with Crippen molar-refractivity contribution < 1.29 is 21.6 Å². The number of rotatable bonds is 2. The van der Waals surface area contributed by atoms with Gasteiger partial charge in [-0.1, -0.05) is 11.6 Å². The predicted octanol–water partition coefficient (Wildman–Crippen LogP) is 1.95. The van der Waals surface area contributed by atoms with E-state index in [-0.39, 0.29) is 10.3 Å². The van der Waals surface area contributed by atoms with E-state index < -0.39 is 26.8 Å². The minimum absolute atomic E-state index is 0.00275. The molecule has 2 saturated heterocycles. The summed E-state index contributed by atoms with van der Waals surface area (Å²) in [7, 11) is -3.78. The molecule has 4 nitrogen and oxygen atoms in total. The summed E-state index contributed by atoms with van der Waals surface area (Å²) >= 11 is 5.57. The maximum absolute atomic E-state index is 12.6. The number of nitrogens with zero attached hydrogens (tertiary/aromatic N) is 1. The first kappa shape index (κ1) is 15.1. The van der Waals surface area contributed by atoms with Crippen LogP contribution in [-0.4, -0.2) is 38.9 Å². The molecule has 0 amide bonds. The molecule has 1 N–H and O–H groups in total. The van der Waals surface area contributed by atoms with Gasteiger partial charge in [-0.15, -0.1) is 0 Å². The second-order valence-electron chi connectivity index (χ2n) is 5.52. The van der Waals surface area contributed by atoms with Crippen molar-refractivity contribution in [2.24, 2.45) is 5.41 Å². The maximum atomic E-state index is 12.6. The molecular weight excluding hydrogens is 329 g/mol. The zero-order valence-corrected chi connectivity index (χ0v) is 12.3. The van der Waals surface area contributed by atoms with E-state index in [1.807, 2.05) is 0 Å². The SMILES string of the molecule is O=S(=O)(c1ccc(C(F)(F)F)c(Cl)c1)N1CC2(CNC2)C1. The highest BCUT2D eigenvalue weighted by molar-refractivity contribution is 7.89. The molecule has 0 atom stereocenters. The summed E-state index contributed by atoms with van der Waals surface area (Å²) in [4.78, 5) is -0.206. The largest absolute Gasteiger partial charge is 0.417 e. The number of hydrogen-bond acceptors (Lipinski definition) is 3. The highest BCUT2D eigenvalue weighted by Crippen LogP contribution is 2.40. The molecule has 9 heteroatoms. The van der Waals surface area contributed by atoms with Gasteiger partial charge in [0.05, 0.1) is 15.5 Å². The van der Waals surface area contributed by atoms with Gasteiger partial charge in [0.25, 0.3) is 0 Å². The lowest BCUT2D eigenvalue weighted by Gasteiger charge is -2.55. The minimum atomic E-state index is -4.60. The van der Waals surface area contributed by atoms with Gasteiger partial charge in [-0.05, 0) is 18.2 Å². The predicted molar refractivity (Wildman–Crippen MR) is 70.5 cm³/mol. The molecule has 0 saturated carbocycles. The number of alkyl halides is 3. The average Bonchev–Trinajstić information content (AvgIpc) is 2.22. The van der Waals surface area contributed by atoms with Crippen molar-refractivity contribution in [1.82, 2.24) is 9.62 Å². The van der Waals surface area contributed by atoms with Gasteiger partial charge >= 0.3 is 6.18 Å². The van der Waals surface area contributed by atoms with Crippen molar-refractivity contribution in [3.05, 3.63) is 28.8 Å². The van der Waals surface area contributed by atoms with Crippen molar-refractivity contribution in [3.63, 3.8) is 0 Å². The molecule has 1 spiro atoms. The van der Waals surface area contributed by atoms with E-state index in [4.69, 9.17) is 11.6 Å². The minimum Gasteiger partial charge on any atom is -0.315 e. The Morgan fingerprint density at radius 2 is 1.86 bits per heavy atom. The standard InChI is InChI=1S/C12H12ClF3N2O2S/c13-10-3-8(1-2-9(10)12(14,15)16)21(19,20)18-6-11(7-18)4-17-5-11/h1-3,17H,4-7H2. The molecular formula is C12H12ClF3N2O2S. The summed E-state index contributed by atoms with van der Waals surface area (Å²) in [5.41, 5.74) is -1.03. The second kappa shape index (κ2) is 4.58. The number of hydrogen-bond donors (Lipinski definition) is 1. The third kappa shape index (κ3) is 2.44. The van der Waals surface area contributed by atoms with Crippen LogP contribution in [0.4, 0.5) is 13.2 Å². The van der Waals surface area contributed by atoms with E-state index in [2.05, 4.69) is 5.32 Å². The first-order valence-electron chi connectivity index (χ1n) is 6.22. The van der Waals surface area contributed by atoms with Gasteiger partial charge in [-0.2, -0.15) is 17.5 Å². The van der Waals surface area contributed by atoms with Crippen LogP contribution in [-0.2, 0) is 16.2 Å². The average molecular weight is 341 g/mol. The third-order valence-corrected chi connectivity index (χ3v) is 6.01. The van der Waals surface area contributed by atoms with Crippen LogP contribution in [0.25, 0.3) is 0 Å². The van der Waals surface area contributed by atoms with Crippen molar-refractivity contribution in [3.8, 4) is 0 Å². The summed E-state index contributed by atoms with van der Waals surface area (Å²) < 4.78 is 63.8. The molecule has 0 aromatic heterocycles. The lowest BCUT2D eigenvalue weighted by atomic mass is 9.76. The molecule has 1 aromatic carbocycles. The summed E-state index contributed by atoms with van der Waals surface area (Å²) in [5.74, 6) is 0. The Bertz CT molecular complexity index is 678. The van der Waals surface area contributed by atoms with Crippen molar-refractivity contribution >= 4 is 21.6 Å². The fourth-order valence-corrected chi connectivity index (χ4v) is 4.65. The topological polar surface area (TPSA) is 49.4 Å². The summed E-state index contributed by atoms with van der Waals surface area (Å²) in [6.07, 6.45) is -4.60. The van der Waals surface area contributed by atoms with E-state index in [1.54, 1.807) is 0 Å². The van der Waals surface area contributed by atoms with Gasteiger partial charge in [0, 0.05) is 31.6 Å². The van der Waals surface area contributed by atoms with Crippen LogP contribution >= 0.6 is 11.6 Å². The van der Waals surface area contributed by atoms with Crippen LogP contribution in [0.2, 0.25) is 5.02 Å². The van der Waals surface area contributed by atoms with Crippen LogP contribution in [0.3, 0.4) is 0 Å². The number of benzene rings is 1. The number of nitrogens with one attached hydrogen (secondary N) is 1. The molecule has 2 aliphatic rings. The van der Waals surface area contributed by atoms with E-state index in [1.165, 1.54) is 4.31 Å². The van der Waals surface area contributed by atoms with Gasteiger partial charge in [0.1, 0.15) is 0 Å². The molecule has 116 valence electrons. The summed E-state index contributed by atoms with van der Waals surface area (Å²) in [6, 6.07) is 2.52. The van der Waals surface area contributed by atoms with Gasteiger partial charge in [0.2, 0.25) is 10.0 Å². The summed E-state index contributed by atoms with van der Waals surface area (Å²) in [5, 5.41) is 2.47. The molecule has 0 radical (unpaired) electrons. The zero-order valence-electron chi connectivity index (χ0n) is 10.7. The second-order valence-corrected chi connectivity index (χ2v) is 7.86. The number of sulfonamides is 1. The van der Waals surface area contributed by atoms with E-state index in [0.717, 1.165) is 25.2 Å². The van der Waals surface area contributed by atoms with Gasteiger partial charge < -0.3 is 5.32 Å². The van der Waals surface area contributed by atoms with Crippen LogP contribution in [0.15, 0.2) is 23.1 Å². The third-order valence-electron chi connectivity index (χ3n) is 3.91.